The Kier molecular flexibility index (Phi) is 5.49. The predicted octanol–water partition coefficient (Wildman–Crippen LogP) is 1.58. The van der Waals surface area contributed by atoms with Gasteiger partial charge in [0.15, 0.2) is 0 Å². The van der Waals surface area contributed by atoms with Crippen LogP contribution in [0.4, 0.5) is 10.5 Å². The predicted molar refractivity (Wildman–Crippen MR) is 84.2 cm³/mol. The van der Waals surface area contributed by atoms with Crippen LogP contribution in [0.2, 0.25) is 0 Å². The zero-order chi connectivity index (χ0) is 15.3. The number of thioether (sulfide) groups is 1. The average molecular weight is 330 g/mol. The molecule has 8 heteroatoms. The van der Waals surface area contributed by atoms with E-state index >= 15 is 0 Å². The van der Waals surface area contributed by atoms with Crippen LogP contribution >= 0.6 is 11.8 Å². The van der Waals surface area contributed by atoms with Crippen molar-refractivity contribution in [2.45, 2.75) is 13.0 Å². The molecule has 1 aliphatic heterocycles. The first-order chi connectivity index (χ1) is 9.94. The second kappa shape index (κ2) is 7.15. The second-order valence-electron chi connectivity index (χ2n) is 4.80. The minimum absolute atomic E-state index is 0.0178. The number of amides is 1. The number of ether oxygens (including phenoxy) is 1. The number of sulfonamides is 1. The fraction of sp³-hybridized carbons (Fsp3) is 0.462. The molecule has 2 rings (SSSR count). The Morgan fingerprint density at radius 2 is 2.14 bits per heavy atom. The van der Waals surface area contributed by atoms with Gasteiger partial charge in [0.25, 0.3) is 0 Å². The molecule has 0 spiro atoms. The molecule has 1 heterocycles. The van der Waals surface area contributed by atoms with Gasteiger partial charge in [0.2, 0.25) is 10.0 Å². The number of anilines is 1. The van der Waals surface area contributed by atoms with Crippen molar-refractivity contribution in [1.82, 2.24) is 4.72 Å². The second-order valence-corrected chi connectivity index (χ2v) is 7.82. The van der Waals surface area contributed by atoms with Crippen LogP contribution in [-0.2, 0) is 14.8 Å². The summed E-state index contributed by atoms with van der Waals surface area (Å²) in [4.78, 5) is 11.7. The first kappa shape index (κ1) is 16.1. The third-order valence-corrected chi connectivity index (χ3v) is 5.70. The SMILES string of the molecule is Cc1ccc(NC(=O)OC[C@@H]2CSCCS(=O)(=O)N2)cc1. The van der Waals surface area contributed by atoms with Crippen molar-refractivity contribution in [2.75, 3.05) is 29.2 Å². The maximum absolute atomic E-state index is 11.7. The van der Waals surface area contributed by atoms with Crippen molar-refractivity contribution >= 4 is 33.6 Å². The molecule has 0 saturated carbocycles. The fourth-order valence-corrected chi connectivity index (χ4v) is 4.65. The lowest BCUT2D eigenvalue weighted by atomic mass is 10.2. The van der Waals surface area contributed by atoms with E-state index in [1.54, 1.807) is 12.1 Å². The Labute approximate surface area is 128 Å². The molecule has 6 nitrogen and oxygen atoms in total. The van der Waals surface area contributed by atoms with Crippen LogP contribution in [0.25, 0.3) is 0 Å². The van der Waals surface area contributed by atoms with Gasteiger partial charge in [-0.3, -0.25) is 5.32 Å². The molecule has 21 heavy (non-hydrogen) atoms. The minimum atomic E-state index is -3.26. The highest BCUT2D eigenvalue weighted by atomic mass is 32.2. The molecule has 0 aliphatic carbocycles. The van der Waals surface area contributed by atoms with Crippen molar-refractivity contribution in [3.05, 3.63) is 29.8 Å². The highest BCUT2D eigenvalue weighted by Gasteiger charge is 2.23. The summed E-state index contributed by atoms with van der Waals surface area (Å²) in [6.07, 6.45) is -0.590. The fourth-order valence-electron chi connectivity index (χ4n) is 1.79. The third kappa shape index (κ3) is 5.56. The van der Waals surface area contributed by atoms with Crippen LogP contribution in [0.5, 0.6) is 0 Å². The highest BCUT2D eigenvalue weighted by Crippen LogP contribution is 2.12. The van der Waals surface area contributed by atoms with E-state index in [4.69, 9.17) is 4.74 Å². The van der Waals surface area contributed by atoms with Gasteiger partial charge in [0.1, 0.15) is 6.61 Å². The molecule has 2 N–H and O–H groups in total. The number of hydrogen-bond acceptors (Lipinski definition) is 5. The first-order valence-corrected chi connectivity index (χ1v) is 9.33. The third-order valence-electron chi connectivity index (χ3n) is 2.88. The van der Waals surface area contributed by atoms with Gasteiger partial charge >= 0.3 is 6.09 Å². The molecular weight excluding hydrogens is 312 g/mol. The van der Waals surface area contributed by atoms with Gasteiger partial charge in [-0.1, -0.05) is 17.7 Å². The Hall–Kier alpha value is -1.25. The van der Waals surface area contributed by atoms with Crippen molar-refractivity contribution in [2.24, 2.45) is 0 Å². The normalized spacial score (nSPS) is 21.3. The van der Waals surface area contributed by atoms with Gasteiger partial charge in [-0.05, 0) is 19.1 Å². The Morgan fingerprint density at radius 3 is 2.86 bits per heavy atom. The largest absolute Gasteiger partial charge is 0.448 e. The van der Waals surface area contributed by atoms with Crippen molar-refractivity contribution in [1.29, 1.82) is 0 Å². The quantitative estimate of drug-likeness (QED) is 0.879. The van der Waals surface area contributed by atoms with Crippen LogP contribution in [0, 0.1) is 6.92 Å². The molecule has 0 aromatic heterocycles. The summed E-state index contributed by atoms with van der Waals surface area (Å²) in [5.41, 5.74) is 1.74. The van der Waals surface area contributed by atoms with Crippen LogP contribution in [0.1, 0.15) is 5.56 Å². The Morgan fingerprint density at radius 1 is 1.43 bits per heavy atom. The molecule has 1 amide bonds. The number of carbonyl (C=O) groups is 1. The molecular formula is C13H18N2O4S2. The summed E-state index contributed by atoms with van der Waals surface area (Å²) in [6, 6.07) is 6.94. The van der Waals surface area contributed by atoms with E-state index < -0.39 is 16.1 Å². The number of nitrogens with one attached hydrogen (secondary N) is 2. The molecule has 116 valence electrons. The van der Waals surface area contributed by atoms with Crippen molar-refractivity contribution in [3.8, 4) is 0 Å². The van der Waals surface area contributed by atoms with Crippen LogP contribution in [0.3, 0.4) is 0 Å². The summed E-state index contributed by atoms with van der Waals surface area (Å²) in [6.45, 7) is 1.97. The molecule has 0 radical (unpaired) electrons. The lowest BCUT2D eigenvalue weighted by Crippen LogP contribution is -2.40. The maximum atomic E-state index is 11.7. The smallest absolute Gasteiger partial charge is 0.411 e. The van der Waals surface area contributed by atoms with Gasteiger partial charge in [-0.15, -0.1) is 0 Å². The van der Waals surface area contributed by atoms with E-state index in [0.29, 0.717) is 17.2 Å². The van der Waals surface area contributed by atoms with E-state index in [1.165, 1.54) is 11.8 Å². The summed E-state index contributed by atoms with van der Waals surface area (Å²) in [7, 11) is -3.26. The Bertz CT molecular complexity index is 587. The van der Waals surface area contributed by atoms with Crippen LogP contribution in [-0.4, -0.2) is 44.4 Å². The van der Waals surface area contributed by atoms with Gasteiger partial charge in [0.05, 0.1) is 11.8 Å². The summed E-state index contributed by atoms with van der Waals surface area (Å²) < 4.78 is 30.7. The van der Waals surface area contributed by atoms with E-state index in [1.807, 2.05) is 19.1 Å². The van der Waals surface area contributed by atoms with Crippen LogP contribution in [0.15, 0.2) is 24.3 Å². The maximum Gasteiger partial charge on any atom is 0.411 e. The van der Waals surface area contributed by atoms with Crippen molar-refractivity contribution in [3.63, 3.8) is 0 Å². The molecule has 1 atom stereocenters. The summed E-state index contributed by atoms with van der Waals surface area (Å²) in [5.74, 6) is 1.25. The number of rotatable bonds is 3. The Balaban J connectivity index is 1.81. The zero-order valence-corrected chi connectivity index (χ0v) is 13.3. The average Bonchev–Trinajstić information content (AvgIpc) is 2.60. The topological polar surface area (TPSA) is 84.5 Å². The number of hydrogen-bond donors (Lipinski definition) is 2. The minimum Gasteiger partial charge on any atom is -0.448 e. The van der Waals surface area contributed by atoms with Crippen molar-refractivity contribution < 1.29 is 17.9 Å². The van der Waals surface area contributed by atoms with Gasteiger partial charge in [-0.25, -0.2) is 17.9 Å². The number of aryl methyl sites for hydroxylation is 1. The first-order valence-electron chi connectivity index (χ1n) is 6.53. The molecule has 1 fully saturated rings. The highest BCUT2D eigenvalue weighted by molar-refractivity contribution is 8.00. The van der Waals surface area contributed by atoms with E-state index in [0.717, 1.165) is 5.56 Å². The molecule has 1 aliphatic rings. The van der Waals surface area contributed by atoms with Gasteiger partial charge in [-0.2, -0.15) is 11.8 Å². The van der Waals surface area contributed by atoms with E-state index in [2.05, 4.69) is 10.0 Å². The van der Waals surface area contributed by atoms with Gasteiger partial charge < -0.3 is 4.74 Å². The lowest BCUT2D eigenvalue weighted by Gasteiger charge is -2.15. The molecule has 0 bridgehead atoms. The van der Waals surface area contributed by atoms with Crippen LogP contribution < -0.4 is 10.0 Å². The molecule has 1 saturated heterocycles. The molecule has 0 unspecified atom stereocenters. The summed E-state index contributed by atoms with van der Waals surface area (Å²) >= 11 is 1.53. The standard InChI is InChI=1S/C13H18N2O4S2/c1-10-2-4-11(5-3-10)14-13(16)19-8-12-9-20-6-7-21(17,18)15-12/h2-5,12,15H,6-9H2,1H3,(H,14,16)/t12-/m1/s1. The van der Waals surface area contributed by atoms with Gasteiger partial charge in [0, 0.05) is 17.2 Å². The molecule has 1 aromatic rings. The zero-order valence-electron chi connectivity index (χ0n) is 11.7. The van der Waals surface area contributed by atoms with E-state index in [-0.39, 0.29) is 18.4 Å². The monoisotopic (exact) mass is 330 g/mol. The number of benzene rings is 1. The lowest BCUT2D eigenvalue weighted by molar-refractivity contribution is 0.154. The number of carbonyl (C=O) groups excluding carboxylic acids is 1. The summed E-state index contributed by atoms with van der Waals surface area (Å²) in [5, 5.41) is 2.60. The van der Waals surface area contributed by atoms with E-state index in [9.17, 15) is 13.2 Å². The molecule has 1 aromatic carbocycles.